The third-order valence-electron chi connectivity index (χ3n) is 7.52. The Kier molecular flexibility index (Phi) is 6.63. The van der Waals surface area contributed by atoms with Crippen molar-refractivity contribution in [3.8, 4) is 17.4 Å². The second-order valence-electron chi connectivity index (χ2n) is 10.1. The Hall–Kier alpha value is -3.34. The standard InChI is InChI=1S/C27H29ClFN7O2/c1-15-13-30-8-10-36(15)26-18-12-20(29)23(24-22-16(11-21(37)31-24)5-3-7-19(22)28)32-25(18)33-27(34-26)38-14-17-6-4-9-35(17)2/h3,5,7,11-12,15,17,30H,4,6,8-10,13-14H2,1-2H3,(H,31,37)/t15-,17-/m0/s1. The molecule has 2 atom stereocenters. The Balaban J connectivity index is 1.51. The molecule has 2 aliphatic rings. The van der Waals surface area contributed by atoms with Crippen LogP contribution in [0.2, 0.25) is 5.02 Å². The summed E-state index contributed by atoms with van der Waals surface area (Å²) in [4.78, 5) is 33.5. The molecule has 4 aromatic rings. The number of hydrogen-bond acceptors (Lipinski definition) is 8. The van der Waals surface area contributed by atoms with Crippen LogP contribution in [-0.2, 0) is 0 Å². The first kappa shape index (κ1) is 25.0. The molecule has 0 saturated carbocycles. The summed E-state index contributed by atoms with van der Waals surface area (Å²) in [7, 11) is 2.09. The van der Waals surface area contributed by atoms with Crippen molar-refractivity contribution in [3.63, 3.8) is 0 Å². The van der Waals surface area contributed by atoms with E-state index in [9.17, 15) is 4.79 Å². The number of pyridine rings is 2. The molecule has 2 N–H and O–H groups in total. The van der Waals surface area contributed by atoms with Crippen molar-refractivity contribution in [2.24, 2.45) is 0 Å². The maximum absolute atomic E-state index is 15.8. The first-order chi connectivity index (χ1) is 18.4. The lowest BCUT2D eigenvalue weighted by molar-refractivity contribution is 0.188. The van der Waals surface area contributed by atoms with Gasteiger partial charge in [-0.1, -0.05) is 23.7 Å². The minimum atomic E-state index is -0.602. The molecule has 2 saturated heterocycles. The zero-order valence-electron chi connectivity index (χ0n) is 21.3. The number of halogens is 2. The highest BCUT2D eigenvalue weighted by Gasteiger charge is 2.27. The quantitative estimate of drug-likeness (QED) is 0.398. The Morgan fingerprint density at radius 3 is 2.87 bits per heavy atom. The van der Waals surface area contributed by atoms with Gasteiger partial charge in [0.1, 0.15) is 18.1 Å². The monoisotopic (exact) mass is 537 g/mol. The predicted octanol–water partition coefficient (Wildman–Crippen LogP) is 3.60. The summed E-state index contributed by atoms with van der Waals surface area (Å²) in [6.07, 6.45) is 2.18. The van der Waals surface area contributed by atoms with Crippen LogP contribution < -0.4 is 20.5 Å². The second kappa shape index (κ2) is 10.1. The zero-order chi connectivity index (χ0) is 26.4. The number of aromatic nitrogens is 4. The van der Waals surface area contributed by atoms with Crippen LogP contribution in [-0.4, -0.2) is 76.8 Å². The molecular weight excluding hydrogens is 509 g/mol. The summed E-state index contributed by atoms with van der Waals surface area (Å²) in [6.45, 7) is 5.84. The van der Waals surface area contributed by atoms with Gasteiger partial charge < -0.3 is 24.8 Å². The summed E-state index contributed by atoms with van der Waals surface area (Å²) in [6, 6.07) is 8.65. The highest BCUT2D eigenvalue weighted by Crippen LogP contribution is 2.35. The third kappa shape index (κ3) is 4.57. The van der Waals surface area contributed by atoms with Gasteiger partial charge in [0.15, 0.2) is 11.5 Å². The van der Waals surface area contributed by atoms with Gasteiger partial charge in [0.05, 0.1) is 16.1 Å². The van der Waals surface area contributed by atoms with Gasteiger partial charge in [-0.25, -0.2) is 9.37 Å². The van der Waals surface area contributed by atoms with Crippen molar-refractivity contribution < 1.29 is 9.13 Å². The number of nitrogens with zero attached hydrogens (tertiary/aromatic N) is 5. The molecule has 0 unspecified atom stereocenters. The van der Waals surface area contributed by atoms with Crippen LogP contribution >= 0.6 is 11.6 Å². The summed E-state index contributed by atoms with van der Waals surface area (Å²) in [5.74, 6) is -0.0179. The minimum absolute atomic E-state index is 0.0345. The lowest BCUT2D eigenvalue weighted by atomic mass is 10.1. The molecule has 0 amide bonds. The van der Waals surface area contributed by atoms with E-state index in [1.807, 2.05) is 0 Å². The third-order valence-corrected chi connectivity index (χ3v) is 7.83. The maximum atomic E-state index is 15.8. The summed E-state index contributed by atoms with van der Waals surface area (Å²) in [5.41, 5.74) is 0.0895. The normalized spacial score (nSPS) is 20.5. The van der Waals surface area contributed by atoms with E-state index in [1.165, 1.54) is 12.1 Å². The van der Waals surface area contributed by atoms with Crippen molar-refractivity contribution >= 4 is 39.2 Å². The number of piperazine rings is 1. The van der Waals surface area contributed by atoms with Crippen LogP contribution in [0.15, 0.2) is 35.1 Å². The van der Waals surface area contributed by atoms with E-state index in [0.717, 1.165) is 32.5 Å². The number of likely N-dealkylation sites (N-methyl/N-ethyl adjacent to an activating group) is 1. The number of nitrogens with one attached hydrogen (secondary N) is 2. The molecule has 5 heterocycles. The molecule has 11 heteroatoms. The van der Waals surface area contributed by atoms with Gasteiger partial charge in [-0.2, -0.15) is 9.97 Å². The van der Waals surface area contributed by atoms with E-state index in [-0.39, 0.29) is 40.7 Å². The first-order valence-electron chi connectivity index (χ1n) is 12.9. The van der Waals surface area contributed by atoms with Crippen molar-refractivity contribution in [1.82, 2.24) is 30.2 Å². The van der Waals surface area contributed by atoms with Crippen molar-refractivity contribution in [1.29, 1.82) is 0 Å². The van der Waals surface area contributed by atoms with E-state index in [4.69, 9.17) is 21.3 Å². The number of anilines is 1. The van der Waals surface area contributed by atoms with Crippen LogP contribution in [0.5, 0.6) is 6.01 Å². The fourth-order valence-electron chi connectivity index (χ4n) is 5.44. The van der Waals surface area contributed by atoms with Gasteiger partial charge in [0.2, 0.25) is 5.56 Å². The van der Waals surface area contributed by atoms with E-state index >= 15 is 4.39 Å². The van der Waals surface area contributed by atoms with E-state index in [1.54, 1.807) is 18.2 Å². The van der Waals surface area contributed by atoms with E-state index in [2.05, 4.69) is 44.0 Å². The molecule has 38 heavy (non-hydrogen) atoms. The minimum Gasteiger partial charge on any atom is -0.462 e. The molecule has 0 spiro atoms. The Morgan fingerprint density at radius 2 is 2.08 bits per heavy atom. The lowest BCUT2D eigenvalue weighted by Gasteiger charge is -2.35. The van der Waals surface area contributed by atoms with Gasteiger partial charge >= 0.3 is 6.01 Å². The SMILES string of the molecule is C[C@H]1CNCCN1c1nc(OC[C@@H]2CCCN2C)nc2nc(-c3[nH]c(=O)cc4cccc(Cl)c34)c(F)cc12. The summed E-state index contributed by atoms with van der Waals surface area (Å²) < 4.78 is 21.9. The van der Waals surface area contributed by atoms with Crippen molar-refractivity contribution in [3.05, 3.63) is 51.5 Å². The molecule has 2 fully saturated rings. The maximum Gasteiger partial charge on any atom is 0.320 e. The molecule has 198 valence electrons. The summed E-state index contributed by atoms with van der Waals surface area (Å²) in [5, 5.41) is 5.36. The topological polar surface area (TPSA) is 99.3 Å². The fourth-order valence-corrected chi connectivity index (χ4v) is 5.71. The Labute approximate surface area is 224 Å². The van der Waals surface area contributed by atoms with Crippen molar-refractivity contribution in [2.75, 3.05) is 44.7 Å². The predicted molar refractivity (Wildman–Crippen MR) is 147 cm³/mol. The van der Waals surface area contributed by atoms with E-state index in [0.29, 0.717) is 40.2 Å². The van der Waals surface area contributed by atoms with E-state index < -0.39 is 5.82 Å². The highest BCUT2D eigenvalue weighted by atomic mass is 35.5. The molecule has 0 aliphatic carbocycles. The van der Waals surface area contributed by atoms with Gasteiger partial charge in [0, 0.05) is 43.2 Å². The van der Waals surface area contributed by atoms with Gasteiger partial charge in [-0.15, -0.1) is 0 Å². The average Bonchev–Trinajstić information content (AvgIpc) is 3.31. The number of H-pyrrole nitrogens is 1. The van der Waals surface area contributed by atoms with Gasteiger partial charge in [-0.05, 0) is 50.9 Å². The number of hydrogen-bond donors (Lipinski definition) is 2. The van der Waals surface area contributed by atoms with Crippen LogP contribution in [0.25, 0.3) is 33.2 Å². The largest absolute Gasteiger partial charge is 0.462 e. The highest BCUT2D eigenvalue weighted by molar-refractivity contribution is 6.36. The fraction of sp³-hybridized carbons (Fsp3) is 0.407. The van der Waals surface area contributed by atoms with Gasteiger partial charge in [0.25, 0.3) is 0 Å². The number of likely N-dealkylation sites (tertiary alicyclic amines) is 1. The Bertz CT molecular complexity index is 1580. The van der Waals surface area contributed by atoms with Crippen molar-refractivity contribution in [2.45, 2.75) is 31.8 Å². The van der Waals surface area contributed by atoms with Gasteiger partial charge in [-0.3, -0.25) is 4.79 Å². The smallest absolute Gasteiger partial charge is 0.320 e. The van der Waals surface area contributed by atoms with Crippen LogP contribution in [0.4, 0.5) is 10.2 Å². The molecule has 0 bridgehead atoms. The first-order valence-corrected chi connectivity index (χ1v) is 13.3. The summed E-state index contributed by atoms with van der Waals surface area (Å²) >= 11 is 6.48. The Morgan fingerprint density at radius 1 is 1.21 bits per heavy atom. The van der Waals surface area contributed by atoms with Crippen LogP contribution in [0.3, 0.4) is 0 Å². The second-order valence-corrected chi connectivity index (χ2v) is 10.5. The number of ether oxygens (including phenoxy) is 1. The lowest BCUT2D eigenvalue weighted by Crippen LogP contribution is -2.50. The number of rotatable bonds is 5. The van der Waals surface area contributed by atoms with Crippen LogP contribution in [0.1, 0.15) is 19.8 Å². The molecular formula is C27H29ClFN7O2. The average molecular weight is 538 g/mol. The molecule has 1 aromatic carbocycles. The molecule has 6 rings (SSSR count). The molecule has 2 aliphatic heterocycles. The molecule has 9 nitrogen and oxygen atoms in total. The molecule has 3 aromatic heterocycles. The molecule has 0 radical (unpaired) electrons. The number of benzene rings is 1. The van der Waals surface area contributed by atoms with Crippen LogP contribution in [0, 0.1) is 5.82 Å². The number of aromatic amines is 1. The number of fused-ring (bicyclic) bond motifs is 2. The zero-order valence-corrected chi connectivity index (χ0v) is 22.1.